The molecule has 0 saturated carbocycles. The number of ether oxygens (including phenoxy) is 4. The highest BCUT2D eigenvalue weighted by molar-refractivity contribution is 7.07. The van der Waals surface area contributed by atoms with Gasteiger partial charge in [-0.25, -0.2) is 0 Å². The maximum Gasteiger partial charge on any atom is 0.298 e. The fourth-order valence-corrected chi connectivity index (χ4v) is 5.09. The topological polar surface area (TPSA) is 86.3 Å². The minimum absolute atomic E-state index is 0.0573. The monoisotopic (exact) mass is 546 g/mol. The third-order valence-electron chi connectivity index (χ3n) is 6.55. The van der Waals surface area contributed by atoms with Crippen molar-refractivity contribution in [3.8, 4) is 28.2 Å². The minimum atomic E-state index is -0.0573. The zero-order valence-corrected chi connectivity index (χ0v) is 22.9. The Morgan fingerprint density at radius 2 is 1.64 bits per heavy atom. The van der Waals surface area contributed by atoms with Crippen LogP contribution in [0.1, 0.15) is 21.7 Å². The van der Waals surface area contributed by atoms with Gasteiger partial charge in [0.25, 0.3) is 11.1 Å². The molecule has 9 nitrogen and oxygen atoms in total. The van der Waals surface area contributed by atoms with Gasteiger partial charge >= 0.3 is 0 Å². The Kier molecular flexibility index (Phi) is 8.12. The van der Waals surface area contributed by atoms with Crippen LogP contribution in [0.4, 0.5) is 5.69 Å². The standard InChI is InChI=1S/C29H30N4O5S/c1-35-22-8-6-7-20(17-22)18-27-30-29(39-31-27)38-26-19-21(11-12-25(26)37-3)28(34)33-15-13-32(14-16-33)23-9-4-5-10-24(23)36-2/h4-12,17,19H,13-16,18H2,1-3H3. The van der Waals surface area contributed by atoms with Gasteiger partial charge in [0.2, 0.25) is 0 Å². The van der Waals surface area contributed by atoms with Gasteiger partial charge in [0.1, 0.15) is 11.5 Å². The molecule has 0 unspecified atom stereocenters. The molecule has 0 radical (unpaired) electrons. The molecule has 1 fully saturated rings. The van der Waals surface area contributed by atoms with Crippen LogP contribution in [0, 0.1) is 0 Å². The molecule has 3 aromatic carbocycles. The smallest absolute Gasteiger partial charge is 0.298 e. The second-order valence-corrected chi connectivity index (χ2v) is 9.64. The number of methoxy groups -OCH3 is 3. The molecule has 2 heterocycles. The number of hydrogen-bond acceptors (Lipinski definition) is 9. The molecule has 0 aliphatic carbocycles. The van der Waals surface area contributed by atoms with Gasteiger partial charge in [0, 0.05) is 49.7 Å². The van der Waals surface area contributed by atoms with Crippen LogP contribution in [-0.2, 0) is 6.42 Å². The second kappa shape index (κ2) is 12.0. The predicted octanol–water partition coefficient (Wildman–Crippen LogP) is 4.91. The summed E-state index contributed by atoms with van der Waals surface area (Å²) in [6.07, 6.45) is 0.549. The van der Waals surface area contributed by atoms with Gasteiger partial charge in [0.15, 0.2) is 17.3 Å². The summed E-state index contributed by atoms with van der Waals surface area (Å²) in [5, 5.41) is 0.376. The average Bonchev–Trinajstić information content (AvgIpc) is 3.43. The van der Waals surface area contributed by atoms with Gasteiger partial charge in [-0.1, -0.05) is 24.3 Å². The molecule has 202 valence electrons. The van der Waals surface area contributed by atoms with Crippen molar-refractivity contribution in [2.24, 2.45) is 0 Å². The lowest BCUT2D eigenvalue weighted by molar-refractivity contribution is 0.0746. The number of anilines is 1. The quantitative estimate of drug-likeness (QED) is 0.293. The van der Waals surface area contributed by atoms with Crippen LogP contribution in [0.15, 0.2) is 66.7 Å². The molecule has 0 atom stereocenters. The van der Waals surface area contributed by atoms with E-state index in [2.05, 4.69) is 14.3 Å². The average molecular weight is 547 g/mol. The number of nitrogens with zero attached hydrogens (tertiary/aromatic N) is 4. The van der Waals surface area contributed by atoms with E-state index in [9.17, 15) is 4.79 Å². The first-order chi connectivity index (χ1) is 19.1. The highest BCUT2D eigenvalue weighted by Gasteiger charge is 2.25. The number of rotatable bonds is 9. The molecule has 0 spiro atoms. The van der Waals surface area contributed by atoms with Crippen molar-refractivity contribution in [2.75, 3.05) is 52.4 Å². The minimum Gasteiger partial charge on any atom is -0.497 e. The number of aromatic nitrogens is 2. The number of benzene rings is 3. The van der Waals surface area contributed by atoms with Crippen LogP contribution >= 0.6 is 11.5 Å². The number of para-hydroxylation sites is 2. The summed E-state index contributed by atoms with van der Waals surface area (Å²) in [4.78, 5) is 22.0. The summed E-state index contributed by atoms with van der Waals surface area (Å²) in [5.74, 6) is 3.13. The van der Waals surface area contributed by atoms with Crippen LogP contribution in [-0.4, -0.2) is 67.7 Å². The first-order valence-electron chi connectivity index (χ1n) is 12.6. The zero-order chi connectivity index (χ0) is 27.2. The molecular weight excluding hydrogens is 516 g/mol. The summed E-state index contributed by atoms with van der Waals surface area (Å²) >= 11 is 1.15. The Morgan fingerprint density at radius 3 is 2.41 bits per heavy atom. The first-order valence-corrected chi connectivity index (χ1v) is 13.3. The molecule has 1 saturated heterocycles. The zero-order valence-electron chi connectivity index (χ0n) is 22.1. The number of piperazine rings is 1. The summed E-state index contributed by atoms with van der Waals surface area (Å²) in [6.45, 7) is 2.63. The van der Waals surface area contributed by atoms with E-state index in [1.807, 2.05) is 53.4 Å². The van der Waals surface area contributed by atoms with Gasteiger partial charge in [-0.15, -0.1) is 0 Å². The first kappa shape index (κ1) is 26.3. The Hall–Kier alpha value is -4.31. The van der Waals surface area contributed by atoms with E-state index in [-0.39, 0.29) is 5.91 Å². The van der Waals surface area contributed by atoms with Gasteiger partial charge in [0.05, 0.1) is 27.0 Å². The molecule has 1 aliphatic rings. The van der Waals surface area contributed by atoms with Crippen molar-refractivity contribution in [3.63, 3.8) is 0 Å². The summed E-state index contributed by atoms with van der Waals surface area (Å²) < 4.78 is 26.8. The van der Waals surface area contributed by atoms with Crippen LogP contribution in [0.5, 0.6) is 28.2 Å². The number of hydrogen-bond donors (Lipinski definition) is 0. The highest BCUT2D eigenvalue weighted by Crippen LogP contribution is 2.34. The van der Waals surface area contributed by atoms with E-state index in [1.54, 1.807) is 39.5 Å². The molecule has 10 heteroatoms. The van der Waals surface area contributed by atoms with E-state index in [1.165, 1.54) is 0 Å². The maximum atomic E-state index is 13.4. The molecular formula is C29H30N4O5S. The lowest BCUT2D eigenvalue weighted by atomic mass is 10.1. The van der Waals surface area contributed by atoms with Crippen LogP contribution in [0.2, 0.25) is 0 Å². The van der Waals surface area contributed by atoms with Gasteiger partial charge in [-0.2, -0.15) is 9.36 Å². The third kappa shape index (κ3) is 6.06. The van der Waals surface area contributed by atoms with Crippen molar-refractivity contribution in [2.45, 2.75) is 6.42 Å². The molecule has 0 bridgehead atoms. The van der Waals surface area contributed by atoms with Crippen molar-refractivity contribution in [1.82, 2.24) is 14.3 Å². The highest BCUT2D eigenvalue weighted by atomic mass is 32.1. The summed E-state index contributed by atoms with van der Waals surface area (Å²) in [7, 11) is 4.88. The lowest BCUT2D eigenvalue weighted by Crippen LogP contribution is -2.48. The van der Waals surface area contributed by atoms with E-state index in [4.69, 9.17) is 18.9 Å². The van der Waals surface area contributed by atoms with E-state index in [0.29, 0.717) is 60.7 Å². The van der Waals surface area contributed by atoms with Crippen molar-refractivity contribution in [3.05, 3.63) is 83.7 Å². The SMILES string of the molecule is COc1cccc(Cc2nsc(Oc3cc(C(=O)N4CCN(c5ccccc5OC)CC4)ccc3OC)n2)c1. The van der Waals surface area contributed by atoms with Crippen molar-refractivity contribution >= 4 is 23.1 Å². The molecule has 1 amide bonds. The molecule has 5 rings (SSSR count). The van der Waals surface area contributed by atoms with E-state index >= 15 is 0 Å². The normalized spacial score (nSPS) is 13.2. The fraction of sp³-hybridized carbons (Fsp3) is 0.276. The summed E-state index contributed by atoms with van der Waals surface area (Å²) in [6, 6.07) is 20.9. The number of carbonyl (C=O) groups excluding carboxylic acids is 1. The number of carbonyl (C=O) groups is 1. The van der Waals surface area contributed by atoms with E-state index < -0.39 is 0 Å². The Labute approximate surface area is 231 Å². The Morgan fingerprint density at radius 1 is 0.846 bits per heavy atom. The summed E-state index contributed by atoms with van der Waals surface area (Å²) in [5.41, 5.74) is 2.60. The number of amides is 1. The fourth-order valence-electron chi connectivity index (χ4n) is 4.52. The second-order valence-electron chi connectivity index (χ2n) is 8.92. The van der Waals surface area contributed by atoms with Crippen LogP contribution < -0.4 is 23.8 Å². The van der Waals surface area contributed by atoms with Crippen LogP contribution in [0.3, 0.4) is 0 Å². The van der Waals surface area contributed by atoms with E-state index in [0.717, 1.165) is 34.3 Å². The van der Waals surface area contributed by atoms with Gasteiger partial charge < -0.3 is 28.7 Å². The molecule has 39 heavy (non-hydrogen) atoms. The van der Waals surface area contributed by atoms with Crippen molar-refractivity contribution < 1.29 is 23.7 Å². The Balaban J connectivity index is 1.26. The Bertz CT molecular complexity index is 1430. The molecule has 4 aromatic rings. The van der Waals surface area contributed by atoms with Crippen LogP contribution in [0.25, 0.3) is 0 Å². The lowest BCUT2D eigenvalue weighted by Gasteiger charge is -2.36. The molecule has 0 N–H and O–H groups in total. The molecule has 1 aromatic heterocycles. The predicted molar refractivity (Wildman–Crippen MR) is 150 cm³/mol. The van der Waals surface area contributed by atoms with Gasteiger partial charge in [-0.05, 0) is 48.0 Å². The van der Waals surface area contributed by atoms with Crippen molar-refractivity contribution in [1.29, 1.82) is 0 Å². The maximum absolute atomic E-state index is 13.4. The third-order valence-corrected chi connectivity index (χ3v) is 7.18. The van der Waals surface area contributed by atoms with Gasteiger partial charge in [-0.3, -0.25) is 4.79 Å². The largest absolute Gasteiger partial charge is 0.497 e. The molecule has 1 aliphatic heterocycles.